The van der Waals surface area contributed by atoms with Gasteiger partial charge in [-0.05, 0) is 31.8 Å². The largest absolute Gasteiger partial charge is 0.381 e. The smallest absolute Gasteiger partial charge is 0.246 e. The van der Waals surface area contributed by atoms with Crippen molar-refractivity contribution in [2.75, 3.05) is 36.9 Å². The van der Waals surface area contributed by atoms with E-state index in [1.54, 1.807) is 11.1 Å². The number of piperidine rings is 1. The Morgan fingerprint density at radius 3 is 2.97 bits per heavy atom. The van der Waals surface area contributed by atoms with Gasteiger partial charge in [0.15, 0.2) is 10.8 Å². The summed E-state index contributed by atoms with van der Waals surface area (Å²) in [6, 6.07) is 0.352. The molecule has 5 heterocycles. The highest BCUT2D eigenvalue weighted by molar-refractivity contribution is 6.35. The molecule has 0 spiro atoms. The minimum Gasteiger partial charge on any atom is -0.381 e. The maximum absolute atomic E-state index is 12.1. The number of likely N-dealkylation sites (tertiary alicyclic amines) is 1. The molecule has 2 aliphatic rings. The van der Waals surface area contributed by atoms with Gasteiger partial charge >= 0.3 is 0 Å². The van der Waals surface area contributed by atoms with Crippen LogP contribution in [0, 0.1) is 0 Å². The van der Waals surface area contributed by atoms with Crippen molar-refractivity contribution in [3.8, 4) is 0 Å². The van der Waals surface area contributed by atoms with E-state index in [1.807, 2.05) is 10.9 Å². The van der Waals surface area contributed by atoms with Crippen molar-refractivity contribution in [2.45, 2.75) is 37.8 Å². The molecule has 11 nitrogen and oxygen atoms in total. The summed E-state index contributed by atoms with van der Waals surface area (Å²) in [7, 11) is 0. The third kappa shape index (κ3) is 4.64. The standard InChI is InChI=1S/C21H26ClN9O2/c1-2-16(32)30-7-3-4-13(11-30)24-19-17-18(22)28-29-20(17)27-21(26-19)25-14-10-23-31(12-14)15-5-8-33-9-6-15/h2,10,12-13,15H,1,3-9,11H2,(H3,24,25,26,27,28,29)/t13-/m1/s1. The maximum atomic E-state index is 12.1. The average molecular weight is 472 g/mol. The lowest BCUT2D eigenvalue weighted by atomic mass is 10.1. The highest BCUT2D eigenvalue weighted by atomic mass is 35.5. The van der Waals surface area contributed by atoms with Crippen LogP contribution in [-0.2, 0) is 9.53 Å². The quantitative estimate of drug-likeness (QED) is 0.468. The van der Waals surface area contributed by atoms with Crippen LogP contribution < -0.4 is 10.6 Å². The zero-order valence-electron chi connectivity index (χ0n) is 18.1. The predicted molar refractivity (Wildman–Crippen MR) is 125 cm³/mol. The minimum absolute atomic E-state index is 0.0239. The Morgan fingerprint density at radius 1 is 1.30 bits per heavy atom. The van der Waals surface area contributed by atoms with Crippen molar-refractivity contribution >= 4 is 46.0 Å². The lowest BCUT2D eigenvalue weighted by molar-refractivity contribution is -0.127. The molecule has 0 aliphatic carbocycles. The molecule has 5 rings (SSSR count). The molecule has 3 aromatic heterocycles. The Labute approximate surface area is 195 Å². The van der Waals surface area contributed by atoms with Gasteiger partial charge in [-0.15, -0.1) is 0 Å². The van der Waals surface area contributed by atoms with Gasteiger partial charge < -0.3 is 20.3 Å². The number of hydrogen-bond acceptors (Lipinski definition) is 8. The Balaban J connectivity index is 1.37. The molecule has 3 N–H and O–H groups in total. The first-order valence-corrected chi connectivity index (χ1v) is 11.5. The number of ether oxygens (including phenoxy) is 1. The zero-order valence-corrected chi connectivity index (χ0v) is 18.9. The average Bonchev–Trinajstić information content (AvgIpc) is 3.46. The van der Waals surface area contributed by atoms with Crippen molar-refractivity contribution in [3.63, 3.8) is 0 Å². The van der Waals surface area contributed by atoms with Gasteiger partial charge in [0.1, 0.15) is 11.2 Å². The van der Waals surface area contributed by atoms with Crippen molar-refractivity contribution in [1.82, 2.24) is 34.8 Å². The molecule has 3 aromatic rings. The molecule has 2 fully saturated rings. The number of halogens is 1. The third-order valence-corrected chi connectivity index (χ3v) is 6.32. The lowest BCUT2D eigenvalue weighted by Gasteiger charge is -2.32. The third-order valence-electron chi connectivity index (χ3n) is 6.05. The molecule has 0 bridgehead atoms. The van der Waals surface area contributed by atoms with Crippen LogP contribution in [-0.4, -0.2) is 73.1 Å². The predicted octanol–water partition coefficient (Wildman–Crippen LogP) is 2.89. The Bertz CT molecular complexity index is 1150. The van der Waals surface area contributed by atoms with Gasteiger partial charge in [0.05, 0.1) is 17.9 Å². The van der Waals surface area contributed by atoms with E-state index in [4.69, 9.17) is 16.3 Å². The maximum Gasteiger partial charge on any atom is 0.246 e. The number of hydrogen-bond donors (Lipinski definition) is 3. The minimum atomic E-state index is -0.0698. The zero-order chi connectivity index (χ0) is 22.8. The number of rotatable bonds is 6. The summed E-state index contributed by atoms with van der Waals surface area (Å²) in [6.45, 7) is 6.37. The molecular formula is C21H26ClN9O2. The highest BCUT2D eigenvalue weighted by Crippen LogP contribution is 2.30. The SMILES string of the molecule is C=CC(=O)N1CCC[C@@H](Nc2nc(Nc3cnn(C4CCOCC4)c3)nc3[nH]nc(Cl)c23)C1. The van der Waals surface area contributed by atoms with Crippen molar-refractivity contribution in [3.05, 3.63) is 30.2 Å². The van der Waals surface area contributed by atoms with Crippen LogP contribution in [0.25, 0.3) is 11.0 Å². The fraction of sp³-hybridized carbons (Fsp3) is 0.476. The second-order valence-corrected chi connectivity index (χ2v) is 8.64. The van der Waals surface area contributed by atoms with E-state index in [1.165, 1.54) is 6.08 Å². The van der Waals surface area contributed by atoms with Gasteiger partial charge in [-0.3, -0.25) is 14.6 Å². The van der Waals surface area contributed by atoms with Gasteiger partial charge in [0, 0.05) is 38.5 Å². The number of carbonyl (C=O) groups excluding carboxylic acids is 1. The van der Waals surface area contributed by atoms with Gasteiger partial charge in [-0.25, -0.2) is 0 Å². The van der Waals surface area contributed by atoms with Crippen LogP contribution in [0.4, 0.5) is 17.5 Å². The normalized spacial score (nSPS) is 19.5. The van der Waals surface area contributed by atoms with Gasteiger partial charge in [-0.1, -0.05) is 18.2 Å². The number of fused-ring (bicyclic) bond motifs is 1. The summed E-state index contributed by atoms with van der Waals surface area (Å²) >= 11 is 6.31. The number of aromatic nitrogens is 6. The van der Waals surface area contributed by atoms with Crippen LogP contribution >= 0.6 is 11.6 Å². The molecule has 0 radical (unpaired) electrons. The molecule has 1 amide bonds. The van der Waals surface area contributed by atoms with Crippen molar-refractivity contribution in [1.29, 1.82) is 0 Å². The number of anilines is 3. The van der Waals surface area contributed by atoms with Gasteiger partial charge in [-0.2, -0.15) is 20.2 Å². The monoisotopic (exact) mass is 471 g/mol. The van der Waals surface area contributed by atoms with Crippen LogP contribution in [0.3, 0.4) is 0 Å². The summed E-state index contributed by atoms with van der Waals surface area (Å²) < 4.78 is 7.40. The van der Waals surface area contributed by atoms with Crippen LogP contribution in [0.2, 0.25) is 5.15 Å². The van der Waals surface area contributed by atoms with Crippen molar-refractivity contribution in [2.24, 2.45) is 0 Å². The van der Waals surface area contributed by atoms with Gasteiger partial charge in [0.2, 0.25) is 11.9 Å². The summed E-state index contributed by atoms with van der Waals surface area (Å²) in [4.78, 5) is 23.0. The first kappa shape index (κ1) is 21.7. The van der Waals surface area contributed by atoms with E-state index in [-0.39, 0.29) is 11.9 Å². The summed E-state index contributed by atoms with van der Waals surface area (Å²) in [5.41, 5.74) is 1.31. The molecule has 1 atom stereocenters. The van der Waals surface area contributed by atoms with E-state index < -0.39 is 0 Å². The number of nitrogens with zero attached hydrogens (tertiary/aromatic N) is 6. The molecule has 2 aliphatic heterocycles. The van der Waals surface area contributed by atoms with E-state index in [2.05, 4.69) is 42.5 Å². The topological polar surface area (TPSA) is 126 Å². The molecule has 174 valence electrons. The molecule has 12 heteroatoms. The number of nitrogens with one attached hydrogen (secondary N) is 3. The molecular weight excluding hydrogens is 446 g/mol. The number of aromatic amines is 1. The second-order valence-electron chi connectivity index (χ2n) is 8.28. The van der Waals surface area contributed by atoms with Crippen LogP contribution in [0.15, 0.2) is 25.0 Å². The van der Waals surface area contributed by atoms with Crippen LogP contribution in [0.1, 0.15) is 31.7 Å². The molecule has 0 unspecified atom stereocenters. The number of amides is 1. The molecule has 33 heavy (non-hydrogen) atoms. The van der Waals surface area contributed by atoms with E-state index in [0.717, 1.165) is 51.1 Å². The molecule has 2 saturated heterocycles. The lowest BCUT2D eigenvalue weighted by Crippen LogP contribution is -2.44. The fourth-order valence-corrected chi connectivity index (χ4v) is 4.58. The summed E-state index contributed by atoms with van der Waals surface area (Å²) in [6.07, 6.45) is 8.74. The van der Waals surface area contributed by atoms with Crippen molar-refractivity contribution < 1.29 is 9.53 Å². The summed E-state index contributed by atoms with van der Waals surface area (Å²) in [5, 5.41) is 19.0. The van der Waals surface area contributed by atoms with E-state index in [0.29, 0.717) is 40.5 Å². The summed E-state index contributed by atoms with van der Waals surface area (Å²) in [5.74, 6) is 0.891. The molecule has 0 saturated carbocycles. The first-order valence-electron chi connectivity index (χ1n) is 11.1. The highest BCUT2D eigenvalue weighted by Gasteiger charge is 2.24. The van der Waals surface area contributed by atoms with E-state index >= 15 is 0 Å². The van der Waals surface area contributed by atoms with Crippen LogP contribution in [0.5, 0.6) is 0 Å². The first-order chi connectivity index (χ1) is 16.1. The fourth-order valence-electron chi connectivity index (χ4n) is 4.35. The molecule has 0 aromatic carbocycles. The Hall–Kier alpha value is -3.18. The Kier molecular flexibility index (Phi) is 6.14. The number of H-pyrrole nitrogens is 1. The van der Waals surface area contributed by atoms with Gasteiger partial charge in [0.25, 0.3) is 0 Å². The number of carbonyl (C=O) groups is 1. The van der Waals surface area contributed by atoms with E-state index in [9.17, 15) is 4.79 Å². The second kappa shape index (κ2) is 9.36. The Morgan fingerprint density at radius 2 is 2.15 bits per heavy atom.